The molecule has 1 aromatic rings. The van der Waals surface area contributed by atoms with E-state index in [2.05, 4.69) is 10.3 Å². The first-order valence-electron chi connectivity index (χ1n) is 7.23. The molecule has 0 spiro atoms. The van der Waals surface area contributed by atoms with E-state index in [9.17, 15) is 4.79 Å². The molecule has 110 valence electrons. The number of nitrogens with one attached hydrogen (secondary N) is 1. The number of aromatic nitrogens is 1. The first-order chi connectivity index (χ1) is 9.67. The maximum absolute atomic E-state index is 12.7. The fourth-order valence-electron chi connectivity index (χ4n) is 2.81. The highest BCUT2D eigenvalue weighted by Gasteiger charge is 2.28. The Hall–Kier alpha value is -1.62. The quantitative estimate of drug-likeness (QED) is 0.881. The number of likely N-dealkylation sites (tertiary alicyclic amines) is 1. The third-order valence-corrected chi connectivity index (χ3v) is 3.89. The Morgan fingerprint density at radius 1 is 1.55 bits per heavy atom. The number of aliphatic hydroxyl groups excluding tert-OH is 1. The second-order valence-electron chi connectivity index (χ2n) is 5.28. The number of nitrogens with zero attached hydrogens (tertiary/aromatic N) is 2. The van der Waals surface area contributed by atoms with Crippen molar-refractivity contribution in [2.24, 2.45) is 0 Å². The Kier molecular flexibility index (Phi) is 4.95. The summed E-state index contributed by atoms with van der Waals surface area (Å²) < 4.78 is 0. The Morgan fingerprint density at radius 3 is 3.05 bits per heavy atom. The number of anilines is 1. The summed E-state index contributed by atoms with van der Waals surface area (Å²) in [5.74, 6) is 0.0139. The van der Waals surface area contributed by atoms with Gasteiger partial charge in [-0.05, 0) is 38.7 Å². The average Bonchev–Trinajstić information content (AvgIpc) is 2.47. The molecule has 0 bridgehead atoms. The van der Waals surface area contributed by atoms with E-state index in [1.807, 2.05) is 24.9 Å². The zero-order valence-electron chi connectivity index (χ0n) is 12.2. The SMILES string of the molecule is CNc1cc(C)ncc1C(=O)N1CCCCC1CCO. The first kappa shape index (κ1) is 14.8. The maximum atomic E-state index is 12.7. The van der Waals surface area contributed by atoms with Crippen LogP contribution in [0.15, 0.2) is 12.3 Å². The van der Waals surface area contributed by atoms with E-state index in [-0.39, 0.29) is 18.6 Å². The van der Waals surface area contributed by atoms with Crippen LogP contribution in [0, 0.1) is 6.92 Å². The number of hydrogen-bond donors (Lipinski definition) is 2. The van der Waals surface area contributed by atoms with Crippen LogP contribution in [0.5, 0.6) is 0 Å². The summed E-state index contributed by atoms with van der Waals surface area (Å²) in [4.78, 5) is 18.9. The molecule has 1 aromatic heterocycles. The van der Waals surface area contributed by atoms with Crippen molar-refractivity contribution in [2.75, 3.05) is 25.5 Å². The van der Waals surface area contributed by atoms with E-state index < -0.39 is 0 Å². The summed E-state index contributed by atoms with van der Waals surface area (Å²) in [5.41, 5.74) is 2.32. The van der Waals surface area contributed by atoms with Gasteiger partial charge in [-0.2, -0.15) is 0 Å². The highest BCUT2D eigenvalue weighted by Crippen LogP contribution is 2.24. The molecule has 0 aromatic carbocycles. The second kappa shape index (κ2) is 6.70. The number of hydrogen-bond acceptors (Lipinski definition) is 4. The van der Waals surface area contributed by atoms with Gasteiger partial charge in [0.1, 0.15) is 0 Å². The molecule has 1 atom stereocenters. The van der Waals surface area contributed by atoms with Crippen molar-refractivity contribution in [1.82, 2.24) is 9.88 Å². The van der Waals surface area contributed by atoms with Crippen LogP contribution in [-0.2, 0) is 0 Å². The number of carbonyl (C=O) groups is 1. The van der Waals surface area contributed by atoms with Gasteiger partial charge in [0, 0.05) is 38.1 Å². The number of rotatable bonds is 4. The van der Waals surface area contributed by atoms with Gasteiger partial charge in [0.2, 0.25) is 0 Å². The summed E-state index contributed by atoms with van der Waals surface area (Å²) in [6.07, 6.45) is 5.43. The monoisotopic (exact) mass is 277 g/mol. The molecule has 2 heterocycles. The number of pyridine rings is 1. The molecule has 1 aliphatic rings. The van der Waals surface area contributed by atoms with Crippen molar-refractivity contribution in [2.45, 2.75) is 38.6 Å². The predicted molar refractivity (Wildman–Crippen MR) is 78.9 cm³/mol. The van der Waals surface area contributed by atoms with Gasteiger partial charge in [-0.3, -0.25) is 9.78 Å². The van der Waals surface area contributed by atoms with Crippen LogP contribution < -0.4 is 5.32 Å². The lowest BCUT2D eigenvalue weighted by atomic mass is 9.98. The number of amides is 1. The van der Waals surface area contributed by atoms with Crippen molar-refractivity contribution in [3.8, 4) is 0 Å². The molecular weight excluding hydrogens is 254 g/mol. The number of aryl methyl sites for hydroxylation is 1. The second-order valence-corrected chi connectivity index (χ2v) is 5.28. The fourth-order valence-corrected chi connectivity index (χ4v) is 2.81. The molecule has 5 nitrogen and oxygen atoms in total. The van der Waals surface area contributed by atoms with Crippen LogP contribution in [-0.4, -0.2) is 47.1 Å². The van der Waals surface area contributed by atoms with Crippen molar-refractivity contribution < 1.29 is 9.90 Å². The molecular formula is C15H23N3O2. The molecule has 0 saturated carbocycles. The topological polar surface area (TPSA) is 65.5 Å². The van der Waals surface area contributed by atoms with Crippen molar-refractivity contribution >= 4 is 11.6 Å². The number of aliphatic hydroxyl groups is 1. The van der Waals surface area contributed by atoms with E-state index in [0.717, 1.165) is 37.2 Å². The van der Waals surface area contributed by atoms with Crippen LogP contribution in [0.3, 0.4) is 0 Å². The van der Waals surface area contributed by atoms with Crippen molar-refractivity contribution in [1.29, 1.82) is 0 Å². The van der Waals surface area contributed by atoms with Crippen molar-refractivity contribution in [3.05, 3.63) is 23.5 Å². The minimum Gasteiger partial charge on any atom is -0.396 e. The third-order valence-electron chi connectivity index (χ3n) is 3.89. The van der Waals surface area contributed by atoms with Gasteiger partial charge in [0.15, 0.2) is 0 Å². The van der Waals surface area contributed by atoms with E-state index in [4.69, 9.17) is 5.11 Å². The zero-order valence-corrected chi connectivity index (χ0v) is 12.2. The largest absolute Gasteiger partial charge is 0.396 e. The fraction of sp³-hybridized carbons (Fsp3) is 0.600. The number of piperidine rings is 1. The molecule has 1 amide bonds. The van der Waals surface area contributed by atoms with Gasteiger partial charge < -0.3 is 15.3 Å². The zero-order chi connectivity index (χ0) is 14.5. The average molecular weight is 277 g/mol. The lowest BCUT2D eigenvalue weighted by Gasteiger charge is -2.36. The lowest BCUT2D eigenvalue weighted by molar-refractivity contribution is 0.0575. The normalized spacial score (nSPS) is 18.9. The summed E-state index contributed by atoms with van der Waals surface area (Å²) in [6, 6.07) is 2.03. The molecule has 5 heteroatoms. The Labute approximate surface area is 120 Å². The lowest BCUT2D eigenvalue weighted by Crippen LogP contribution is -2.44. The highest BCUT2D eigenvalue weighted by molar-refractivity contribution is 5.99. The summed E-state index contributed by atoms with van der Waals surface area (Å²) in [6.45, 7) is 2.80. The summed E-state index contributed by atoms with van der Waals surface area (Å²) in [5, 5.41) is 12.2. The highest BCUT2D eigenvalue weighted by atomic mass is 16.3. The van der Waals surface area contributed by atoms with E-state index in [1.54, 1.807) is 6.20 Å². The molecule has 1 unspecified atom stereocenters. The van der Waals surface area contributed by atoms with E-state index >= 15 is 0 Å². The number of carbonyl (C=O) groups excluding carboxylic acids is 1. The van der Waals surface area contributed by atoms with Gasteiger partial charge in [-0.15, -0.1) is 0 Å². The molecule has 2 rings (SSSR count). The molecule has 1 fully saturated rings. The van der Waals surface area contributed by atoms with E-state index in [0.29, 0.717) is 12.0 Å². The van der Waals surface area contributed by atoms with Gasteiger partial charge in [-0.25, -0.2) is 0 Å². The first-order valence-corrected chi connectivity index (χ1v) is 7.23. The smallest absolute Gasteiger partial charge is 0.257 e. The predicted octanol–water partition coefficient (Wildman–Crippen LogP) is 1.81. The standard InChI is InChI=1S/C15H23N3O2/c1-11-9-14(16-2)13(10-17-11)15(20)18-7-4-3-5-12(18)6-8-19/h9-10,12,19H,3-8H2,1-2H3,(H,16,17). The van der Waals surface area contributed by atoms with Crippen LogP contribution in [0.1, 0.15) is 41.7 Å². The Morgan fingerprint density at radius 2 is 2.35 bits per heavy atom. The van der Waals surface area contributed by atoms with Gasteiger partial charge >= 0.3 is 0 Å². The van der Waals surface area contributed by atoms with Crippen molar-refractivity contribution in [3.63, 3.8) is 0 Å². The molecule has 1 aliphatic heterocycles. The minimum atomic E-state index is 0.0139. The molecule has 2 N–H and O–H groups in total. The van der Waals surface area contributed by atoms with Crippen LogP contribution in [0.25, 0.3) is 0 Å². The minimum absolute atomic E-state index is 0.0139. The molecule has 0 radical (unpaired) electrons. The summed E-state index contributed by atoms with van der Waals surface area (Å²) in [7, 11) is 1.81. The summed E-state index contributed by atoms with van der Waals surface area (Å²) >= 11 is 0. The molecule has 0 aliphatic carbocycles. The van der Waals surface area contributed by atoms with Gasteiger partial charge in [-0.1, -0.05) is 0 Å². The third kappa shape index (κ3) is 3.10. The van der Waals surface area contributed by atoms with E-state index in [1.165, 1.54) is 0 Å². The van der Waals surface area contributed by atoms with Crippen LogP contribution in [0.4, 0.5) is 5.69 Å². The Bertz CT molecular complexity index is 474. The van der Waals surface area contributed by atoms with Crippen LogP contribution >= 0.6 is 0 Å². The molecule has 20 heavy (non-hydrogen) atoms. The van der Waals surface area contributed by atoms with Gasteiger partial charge in [0.05, 0.1) is 11.3 Å². The van der Waals surface area contributed by atoms with Crippen LogP contribution in [0.2, 0.25) is 0 Å². The maximum Gasteiger partial charge on any atom is 0.257 e. The molecule has 1 saturated heterocycles. The Balaban J connectivity index is 2.24. The van der Waals surface area contributed by atoms with Gasteiger partial charge in [0.25, 0.3) is 5.91 Å².